The molecule has 0 aromatic rings. The van der Waals surface area contributed by atoms with Crippen molar-refractivity contribution in [2.24, 2.45) is 0 Å². The summed E-state index contributed by atoms with van der Waals surface area (Å²) in [4.78, 5) is 0. The van der Waals surface area contributed by atoms with Crippen molar-refractivity contribution in [1.29, 1.82) is 0 Å². The SMILES string of the molecule is O.[O]=[Zn]=[O]. The Morgan fingerprint density at radius 2 is 1.25 bits per heavy atom. The van der Waals surface area contributed by atoms with Crippen LogP contribution in [0.3, 0.4) is 0 Å². The molecule has 0 aromatic heterocycles. The van der Waals surface area contributed by atoms with E-state index in [1.54, 1.807) is 0 Å². The Balaban J connectivity index is 0. The zero-order chi connectivity index (χ0) is 2.71. The first-order valence-corrected chi connectivity index (χ1v) is 3.00. The Labute approximate surface area is 30.4 Å². The molecular formula is H2O3Zn. The maximum absolute atomic E-state index is 8.56. The summed E-state index contributed by atoms with van der Waals surface area (Å²) in [5, 5.41) is 0. The maximum atomic E-state index is 8.56. The third-order valence-corrected chi connectivity index (χ3v) is 0. The normalized spacial score (nSPS) is 5.00. The fourth-order valence-corrected chi connectivity index (χ4v) is 0. The van der Waals surface area contributed by atoms with Crippen LogP contribution < -0.4 is 0 Å². The van der Waals surface area contributed by atoms with Crippen molar-refractivity contribution in [3.8, 4) is 0 Å². The van der Waals surface area contributed by atoms with Crippen LogP contribution >= 0.6 is 0 Å². The summed E-state index contributed by atoms with van der Waals surface area (Å²) in [5.41, 5.74) is 0. The Morgan fingerprint density at radius 3 is 1.25 bits per heavy atom. The van der Waals surface area contributed by atoms with Gasteiger partial charge in [-0.2, -0.15) is 0 Å². The second kappa shape index (κ2) is 10.8. The molecule has 0 aliphatic carbocycles. The summed E-state index contributed by atoms with van der Waals surface area (Å²) in [6, 6.07) is 0. The molecule has 0 amide bonds. The molecule has 0 aromatic carbocycles. The van der Waals surface area contributed by atoms with Crippen molar-refractivity contribution in [2.45, 2.75) is 0 Å². The van der Waals surface area contributed by atoms with E-state index in [0.717, 1.165) is 0 Å². The van der Waals surface area contributed by atoms with Gasteiger partial charge in [0.15, 0.2) is 0 Å². The van der Waals surface area contributed by atoms with Crippen LogP contribution in [0, 0.1) is 0 Å². The van der Waals surface area contributed by atoms with Crippen LogP contribution in [0.15, 0.2) is 0 Å². The van der Waals surface area contributed by atoms with Crippen molar-refractivity contribution < 1.29 is 29.7 Å². The summed E-state index contributed by atoms with van der Waals surface area (Å²) in [7, 11) is 0. The van der Waals surface area contributed by atoms with E-state index in [9.17, 15) is 0 Å². The number of hydrogen-bond acceptors (Lipinski definition) is 2. The first kappa shape index (κ1) is 8.89. The van der Waals surface area contributed by atoms with Gasteiger partial charge in [-0.3, -0.25) is 0 Å². The van der Waals surface area contributed by atoms with Gasteiger partial charge in [0, 0.05) is 0 Å². The van der Waals surface area contributed by atoms with Crippen LogP contribution in [-0.2, 0) is 24.2 Å². The summed E-state index contributed by atoms with van der Waals surface area (Å²) >= 11 is -2.38. The van der Waals surface area contributed by atoms with Crippen molar-refractivity contribution in [1.82, 2.24) is 0 Å². The van der Waals surface area contributed by atoms with Crippen LogP contribution in [0.25, 0.3) is 0 Å². The van der Waals surface area contributed by atoms with Gasteiger partial charge in [0.1, 0.15) is 0 Å². The van der Waals surface area contributed by atoms with Gasteiger partial charge in [-0.25, -0.2) is 0 Å². The van der Waals surface area contributed by atoms with E-state index in [-0.39, 0.29) is 5.48 Å². The molecular weight excluding hydrogens is 113 g/mol. The molecule has 0 aliphatic rings. The topological polar surface area (TPSA) is 65.6 Å². The summed E-state index contributed by atoms with van der Waals surface area (Å²) < 4.78 is 17.1. The first-order valence-electron chi connectivity index (χ1n) is 0.577. The molecule has 0 saturated carbocycles. The number of rotatable bonds is 0. The molecule has 22 valence electrons. The van der Waals surface area contributed by atoms with E-state index in [2.05, 4.69) is 0 Å². The van der Waals surface area contributed by atoms with Gasteiger partial charge >= 0.3 is 24.2 Å². The number of hydrogen-bond donors (Lipinski definition) is 0. The minimum absolute atomic E-state index is 0. The fourth-order valence-electron chi connectivity index (χ4n) is 0. The second-order valence-corrected chi connectivity index (χ2v) is 0.612. The van der Waals surface area contributed by atoms with E-state index in [1.807, 2.05) is 0 Å². The Kier molecular flexibility index (Phi) is 24.1. The predicted octanol–water partition coefficient (Wildman–Crippen LogP) is -1.06. The van der Waals surface area contributed by atoms with E-state index in [4.69, 9.17) is 7.15 Å². The van der Waals surface area contributed by atoms with Crippen molar-refractivity contribution in [2.75, 3.05) is 0 Å². The summed E-state index contributed by atoms with van der Waals surface area (Å²) in [6.45, 7) is 0. The van der Waals surface area contributed by atoms with Crippen LogP contribution in [0.4, 0.5) is 0 Å². The van der Waals surface area contributed by atoms with Gasteiger partial charge in [-0.15, -0.1) is 0 Å². The molecule has 0 heterocycles. The average molecular weight is 115 g/mol. The van der Waals surface area contributed by atoms with Gasteiger partial charge in [0.05, 0.1) is 0 Å². The molecule has 2 N–H and O–H groups in total. The predicted molar refractivity (Wildman–Crippen MR) is 4.99 cm³/mol. The second-order valence-electron chi connectivity index (χ2n) is 0.118. The van der Waals surface area contributed by atoms with Crippen molar-refractivity contribution in [3.05, 3.63) is 0 Å². The Hall–Kier alpha value is 0.183. The van der Waals surface area contributed by atoms with E-state index >= 15 is 0 Å². The molecule has 3 nitrogen and oxygen atoms in total. The monoisotopic (exact) mass is 114 g/mol. The molecule has 0 unspecified atom stereocenters. The van der Waals surface area contributed by atoms with Crippen LogP contribution in [0.1, 0.15) is 0 Å². The molecule has 0 saturated heterocycles. The summed E-state index contributed by atoms with van der Waals surface area (Å²) in [5.74, 6) is 0. The molecule has 4 heteroatoms. The quantitative estimate of drug-likeness (QED) is 0.378. The van der Waals surface area contributed by atoms with Crippen LogP contribution in [0.5, 0.6) is 0 Å². The van der Waals surface area contributed by atoms with Crippen LogP contribution in [0.2, 0.25) is 0 Å². The first-order chi connectivity index (χ1) is 1.41. The molecule has 0 spiro atoms. The Morgan fingerprint density at radius 1 is 1.25 bits per heavy atom. The summed E-state index contributed by atoms with van der Waals surface area (Å²) in [6.07, 6.45) is 0. The van der Waals surface area contributed by atoms with Crippen molar-refractivity contribution in [3.63, 3.8) is 0 Å². The third kappa shape index (κ3) is 90.9. The molecule has 0 bridgehead atoms. The van der Waals surface area contributed by atoms with Gasteiger partial charge in [0.2, 0.25) is 0 Å². The zero-order valence-electron chi connectivity index (χ0n) is 2.02. The molecule has 0 aliphatic heterocycles. The third-order valence-electron chi connectivity index (χ3n) is 0. The molecule has 0 radical (unpaired) electrons. The van der Waals surface area contributed by atoms with E-state index in [0.29, 0.717) is 0 Å². The molecule has 4 heavy (non-hydrogen) atoms. The van der Waals surface area contributed by atoms with E-state index < -0.39 is 17.0 Å². The van der Waals surface area contributed by atoms with Gasteiger partial charge in [-0.05, 0) is 0 Å². The van der Waals surface area contributed by atoms with Crippen LogP contribution in [-0.4, -0.2) is 5.48 Å². The minimum atomic E-state index is -2.38. The van der Waals surface area contributed by atoms with Gasteiger partial charge in [0.25, 0.3) is 0 Å². The van der Waals surface area contributed by atoms with Gasteiger partial charge in [-0.1, -0.05) is 0 Å². The van der Waals surface area contributed by atoms with E-state index in [1.165, 1.54) is 0 Å². The molecule has 0 fully saturated rings. The average Bonchev–Trinajstić information content (AvgIpc) is 0.918. The van der Waals surface area contributed by atoms with Gasteiger partial charge < -0.3 is 5.48 Å². The zero-order valence-corrected chi connectivity index (χ0v) is 4.99. The molecule has 0 atom stereocenters. The van der Waals surface area contributed by atoms with Crippen molar-refractivity contribution >= 4 is 0 Å². The standard InChI is InChI=1S/H2O.2O.Zn/h1H2;;;. The molecule has 0 rings (SSSR count). The fraction of sp³-hybridized carbons (Fsp3) is 0. The Bertz CT molecular complexity index is 24.3.